The van der Waals surface area contributed by atoms with Crippen molar-refractivity contribution >= 4 is 17.2 Å². The Bertz CT molecular complexity index is 950. The van der Waals surface area contributed by atoms with Gasteiger partial charge in [-0.25, -0.2) is 4.98 Å². The Kier molecular flexibility index (Phi) is 7.04. The second-order valence-corrected chi connectivity index (χ2v) is 8.28. The average molecular weight is 409 g/mol. The van der Waals surface area contributed by atoms with Crippen LogP contribution in [0.5, 0.6) is 5.75 Å². The van der Waals surface area contributed by atoms with Crippen molar-refractivity contribution in [2.24, 2.45) is 0 Å². The zero-order chi connectivity index (χ0) is 20.8. The molecule has 29 heavy (non-hydrogen) atoms. The molecule has 0 aliphatic carbocycles. The van der Waals surface area contributed by atoms with Gasteiger partial charge in [0.05, 0.1) is 12.2 Å². The SMILES string of the molecule is CC[C@@H](C)N(Cc1csc(COc2ccc(C)cc2)n1)C(=O)c1ccccc1C. The molecule has 0 bridgehead atoms. The quantitative estimate of drug-likeness (QED) is 0.474. The summed E-state index contributed by atoms with van der Waals surface area (Å²) in [5.74, 6) is 0.895. The van der Waals surface area contributed by atoms with Gasteiger partial charge < -0.3 is 9.64 Å². The maximum atomic E-state index is 13.2. The van der Waals surface area contributed by atoms with E-state index < -0.39 is 0 Å². The lowest BCUT2D eigenvalue weighted by molar-refractivity contribution is 0.0668. The first-order valence-corrected chi connectivity index (χ1v) is 10.8. The van der Waals surface area contributed by atoms with Crippen LogP contribution in [0.4, 0.5) is 0 Å². The number of aromatic nitrogens is 1. The Balaban J connectivity index is 1.69. The van der Waals surface area contributed by atoms with E-state index in [9.17, 15) is 4.79 Å². The summed E-state index contributed by atoms with van der Waals surface area (Å²) in [6.45, 7) is 9.16. The number of carbonyl (C=O) groups excluding carboxylic acids is 1. The van der Waals surface area contributed by atoms with Gasteiger partial charge in [-0.15, -0.1) is 11.3 Å². The summed E-state index contributed by atoms with van der Waals surface area (Å²) in [4.78, 5) is 19.8. The van der Waals surface area contributed by atoms with Gasteiger partial charge in [-0.05, 0) is 51.0 Å². The van der Waals surface area contributed by atoms with E-state index in [0.29, 0.717) is 13.2 Å². The van der Waals surface area contributed by atoms with Crippen LogP contribution >= 0.6 is 11.3 Å². The fourth-order valence-electron chi connectivity index (χ4n) is 3.06. The molecule has 5 heteroatoms. The van der Waals surface area contributed by atoms with Crippen LogP contribution in [0.15, 0.2) is 53.9 Å². The third kappa shape index (κ3) is 5.45. The molecule has 1 amide bonds. The van der Waals surface area contributed by atoms with Crippen LogP contribution in [0.2, 0.25) is 0 Å². The molecule has 1 atom stereocenters. The molecule has 1 aromatic heterocycles. The summed E-state index contributed by atoms with van der Waals surface area (Å²) in [5.41, 5.74) is 3.86. The van der Waals surface area contributed by atoms with Crippen LogP contribution in [0.1, 0.15) is 52.5 Å². The number of ether oxygens (including phenoxy) is 1. The Morgan fingerprint density at radius 1 is 1.14 bits per heavy atom. The Labute approximate surface area is 177 Å². The van der Waals surface area contributed by atoms with E-state index in [2.05, 4.69) is 20.8 Å². The van der Waals surface area contributed by atoms with Gasteiger partial charge >= 0.3 is 0 Å². The van der Waals surface area contributed by atoms with Gasteiger partial charge in [0.1, 0.15) is 17.4 Å². The molecule has 0 saturated carbocycles. The van der Waals surface area contributed by atoms with E-state index >= 15 is 0 Å². The topological polar surface area (TPSA) is 42.4 Å². The van der Waals surface area contributed by atoms with E-state index in [1.54, 1.807) is 11.3 Å². The second-order valence-electron chi connectivity index (χ2n) is 7.34. The first kappa shape index (κ1) is 21.1. The molecule has 0 saturated heterocycles. The summed E-state index contributed by atoms with van der Waals surface area (Å²) in [7, 11) is 0. The largest absolute Gasteiger partial charge is 0.486 e. The van der Waals surface area contributed by atoms with Crippen molar-refractivity contribution in [2.45, 2.75) is 53.3 Å². The predicted octanol–water partition coefficient (Wildman–Crippen LogP) is 5.78. The molecule has 4 nitrogen and oxygen atoms in total. The zero-order valence-corrected chi connectivity index (χ0v) is 18.3. The maximum absolute atomic E-state index is 13.2. The highest BCUT2D eigenvalue weighted by Crippen LogP contribution is 2.20. The molecule has 0 N–H and O–H groups in total. The Morgan fingerprint density at radius 3 is 2.55 bits per heavy atom. The smallest absolute Gasteiger partial charge is 0.254 e. The summed E-state index contributed by atoms with van der Waals surface area (Å²) in [6.07, 6.45) is 0.894. The third-order valence-electron chi connectivity index (χ3n) is 5.07. The number of hydrogen-bond acceptors (Lipinski definition) is 4. The van der Waals surface area contributed by atoms with Crippen LogP contribution in [-0.2, 0) is 13.2 Å². The number of nitrogens with zero attached hydrogens (tertiary/aromatic N) is 2. The minimum absolute atomic E-state index is 0.0582. The van der Waals surface area contributed by atoms with E-state index in [1.807, 2.05) is 65.7 Å². The number of thiazole rings is 1. The molecule has 0 spiro atoms. The minimum atomic E-state index is 0.0582. The number of hydrogen-bond donors (Lipinski definition) is 0. The van der Waals surface area contributed by atoms with Gasteiger partial charge in [0.15, 0.2) is 0 Å². The van der Waals surface area contributed by atoms with Crippen molar-refractivity contribution in [1.82, 2.24) is 9.88 Å². The van der Waals surface area contributed by atoms with Crippen molar-refractivity contribution in [3.8, 4) is 5.75 Å². The standard InChI is InChI=1S/C24H28N2O2S/c1-5-19(4)26(24(27)22-9-7-6-8-18(22)3)14-20-16-29-23(25-20)15-28-21-12-10-17(2)11-13-21/h6-13,16,19H,5,14-15H2,1-4H3/t19-/m1/s1. The lowest BCUT2D eigenvalue weighted by Crippen LogP contribution is -2.38. The second kappa shape index (κ2) is 9.70. The molecular formula is C24H28N2O2S. The first-order valence-electron chi connectivity index (χ1n) is 9.97. The fraction of sp³-hybridized carbons (Fsp3) is 0.333. The number of rotatable bonds is 8. The van der Waals surface area contributed by atoms with Gasteiger partial charge in [-0.2, -0.15) is 0 Å². The Hall–Kier alpha value is -2.66. The number of benzene rings is 2. The van der Waals surface area contributed by atoms with E-state index in [1.165, 1.54) is 5.56 Å². The van der Waals surface area contributed by atoms with Crippen molar-refractivity contribution in [2.75, 3.05) is 0 Å². The molecule has 0 radical (unpaired) electrons. The molecule has 0 fully saturated rings. The summed E-state index contributed by atoms with van der Waals surface area (Å²) in [5, 5.41) is 2.93. The molecule has 0 unspecified atom stereocenters. The lowest BCUT2D eigenvalue weighted by atomic mass is 10.1. The highest BCUT2D eigenvalue weighted by atomic mass is 32.1. The third-order valence-corrected chi connectivity index (χ3v) is 5.95. The first-order chi connectivity index (χ1) is 14.0. The van der Waals surface area contributed by atoms with E-state index in [4.69, 9.17) is 9.72 Å². The normalized spacial score (nSPS) is 11.9. The highest BCUT2D eigenvalue weighted by Gasteiger charge is 2.23. The van der Waals surface area contributed by atoms with Gasteiger partial charge in [-0.3, -0.25) is 4.79 Å². The van der Waals surface area contributed by atoms with Crippen molar-refractivity contribution in [3.63, 3.8) is 0 Å². The summed E-state index contributed by atoms with van der Waals surface area (Å²) in [6, 6.07) is 15.9. The molecular weight excluding hydrogens is 380 g/mol. The van der Waals surface area contributed by atoms with Crippen LogP contribution in [-0.4, -0.2) is 21.8 Å². The van der Waals surface area contributed by atoms with Gasteiger partial charge in [0, 0.05) is 17.0 Å². The Morgan fingerprint density at radius 2 is 1.86 bits per heavy atom. The molecule has 0 aliphatic heterocycles. The van der Waals surface area contributed by atoms with Crippen LogP contribution in [0.25, 0.3) is 0 Å². The zero-order valence-electron chi connectivity index (χ0n) is 17.5. The van der Waals surface area contributed by atoms with Crippen LogP contribution < -0.4 is 4.74 Å². The maximum Gasteiger partial charge on any atom is 0.254 e. The minimum Gasteiger partial charge on any atom is -0.486 e. The van der Waals surface area contributed by atoms with Crippen LogP contribution in [0, 0.1) is 13.8 Å². The highest BCUT2D eigenvalue weighted by molar-refractivity contribution is 7.09. The molecule has 3 rings (SSSR count). The number of aryl methyl sites for hydroxylation is 2. The van der Waals surface area contributed by atoms with Gasteiger partial charge in [-0.1, -0.05) is 42.8 Å². The van der Waals surface area contributed by atoms with Crippen molar-refractivity contribution in [1.29, 1.82) is 0 Å². The molecule has 3 aromatic rings. The molecule has 1 heterocycles. The predicted molar refractivity (Wildman–Crippen MR) is 118 cm³/mol. The summed E-state index contributed by atoms with van der Waals surface area (Å²) >= 11 is 1.57. The van der Waals surface area contributed by atoms with Crippen molar-refractivity contribution < 1.29 is 9.53 Å². The van der Waals surface area contributed by atoms with Crippen molar-refractivity contribution in [3.05, 3.63) is 81.3 Å². The fourth-order valence-corrected chi connectivity index (χ4v) is 3.75. The number of carbonyl (C=O) groups is 1. The van der Waals surface area contributed by atoms with Crippen LogP contribution in [0.3, 0.4) is 0 Å². The van der Waals surface area contributed by atoms with E-state index in [0.717, 1.165) is 34.0 Å². The van der Waals surface area contributed by atoms with Gasteiger partial charge in [0.25, 0.3) is 5.91 Å². The lowest BCUT2D eigenvalue weighted by Gasteiger charge is -2.28. The summed E-state index contributed by atoms with van der Waals surface area (Å²) < 4.78 is 5.83. The van der Waals surface area contributed by atoms with Gasteiger partial charge in [0.2, 0.25) is 0 Å². The molecule has 152 valence electrons. The number of amides is 1. The monoisotopic (exact) mass is 408 g/mol. The average Bonchev–Trinajstić information content (AvgIpc) is 3.18. The molecule has 0 aliphatic rings. The van der Waals surface area contributed by atoms with E-state index in [-0.39, 0.29) is 11.9 Å². The molecule has 2 aromatic carbocycles.